The highest BCUT2D eigenvalue weighted by Gasteiger charge is 2.27. The van der Waals surface area contributed by atoms with Gasteiger partial charge in [-0.1, -0.05) is 26.0 Å². The monoisotopic (exact) mass is 327 g/mol. The number of pyridine rings is 1. The number of aliphatic hydroxyl groups excluding tert-OH is 1. The average Bonchev–Trinajstić information content (AvgIpc) is 2.56. The number of halogens is 1. The van der Waals surface area contributed by atoms with E-state index in [1.807, 2.05) is 13.8 Å². The summed E-state index contributed by atoms with van der Waals surface area (Å²) in [6.45, 7) is 3.47. The summed E-state index contributed by atoms with van der Waals surface area (Å²) in [4.78, 5) is 15.3. The van der Waals surface area contributed by atoms with Crippen molar-refractivity contribution in [2.24, 2.45) is 0 Å². The average molecular weight is 327 g/mol. The molecule has 4 nitrogen and oxygen atoms in total. The van der Waals surface area contributed by atoms with E-state index in [0.717, 1.165) is 5.56 Å². The Balaban J connectivity index is 2.46. The molecule has 0 radical (unpaired) electrons. The molecule has 1 aromatic heterocycles. The predicted octanol–water partition coefficient (Wildman–Crippen LogP) is 3.31. The van der Waals surface area contributed by atoms with E-state index < -0.39 is 5.41 Å². The molecular weight excluding hydrogens is 309 g/mol. The highest BCUT2D eigenvalue weighted by atomic mass is 19.1. The second-order valence-electron chi connectivity index (χ2n) is 6.48. The predicted molar refractivity (Wildman–Crippen MR) is 91.7 cm³/mol. The van der Waals surface area contributed by atoms with Crippen LogP contribution in [0, 0.1) is 5.82 Å². The Kier molecular flexibility index (Phi) is 3.89. The Labute approximate surface area is 138 Å². The first-order valence-corrected chi connectivity index (χ1v) is 7.60. The van der Waals surface area contributed by atoms with Crippen LogP contribution in [0.3, 0.4) is 0 Å². The van der Waals surface area contributed by atoms with Gasteiger partial charge in [0.05, 0.1) is 12.0 Å². The first-order chi connectivity index (χ1) is 11.3. The van der Waals surface area contributed by atoms with Crippen molar-refractivity contribution in [3.8, 4) is 16.9 Å². The third kappa shape index (κ3) is 2.67. The van der Waals surface area contributed by atoms with Gasteiger partial charge in [0.15, 0.2) is 0 Å². The minimum Gasteiger partial charge on any atom is -0.508 e. The fourth-order valence-electron chi connectivity index (χ4n) is 2.82. The molecule has 1 heterocycles. The molecule has 3 N–H and O–H groups in total. The number of H-pyrrole nitrogens is 1. The molecule has 0 atom stereocenters. The number of benzene rings is 2. The zero-order valence-corrected chi connectivity index (χ0v) is 13.4. The number of aliphatic hydroxyl groups is 1. The van der Waals surface area contributed by atoms with Crippen LogP contribution in [0.25, 0.3) is 21.9 Å². The van der Waals surface area contributed by atoms with E-state index in [1.165, 1.54) is 24.3 Å². The molecule has 0 aliphatic rings. The maximum absolute atomic E-state index is 13.3. The third-order valence-corrected chi connectivity index (χ3v) is 4.21. The molecule has 3 rings (SSSR count). The van der Waals surface area contributed by atoms with Crippen LogP contribution in [0.1, 0.15) is 19.5 Å². The number of hydrogen-bond donors (Lipinski definition) is 3. The number of phenolic OH excluding ortho intramolecular Hbond substituents is 1. The standard InChI is InChI=1S/C19H18FNO3/c1-19(2,10-22)17-16(11-3-5-12(20)6-4-11)14-8-7-13(23)9-15(14)18(24)21-17/h3-9,22-23H,10H2,1-2H3,(H,21,24). The lowest BCUT2D eigenvalue weighted by Crippen LogP contribution is -2.28. The first-order valence-electron chi connectivity index (χ1n) is 7.60. The molecule has 0 spiro atoms. The lowest BCUT2D eigenvalue weighted by Gasteiger charge is -2.26. The molecule has 0 unspecified atom stereocenters. The van der Waals surface area contributed by atoms with Gasteiger partial charge in [0.1, 0.15) is 11.6 Å². The van der Waals surface area contributed by atoms with Crippen molar-refractivity contribution < 1.29 is 14.6 Å². The second kappa shape index (κ2) is 5.76. The van der Waals surface area contributed by atoms with E-state index in [1.54, 1.807) is 18.2 Å². The molecule has 3 aromatic rings. The maximum atomic E-state index is 13.3. The van der Waals surface area contributed by atoms with Gasteiger partial charge in [0.2, 0.25) is 0 Å². The van der Waals surface area contributed by atoms with Crippen molar-refractivity contribution in [1.82, 2.24) is 4.98 Å². The van der Waals surface area contributed by atoms with Crippen LogP contribution in [-0.4, -0.2) is 21.8 Å². The van der Waals surface area contributed by atoms with Crippen LogP contribution in [0.4, 0.5) is 4.39 Å². The van der Waals surface area contributed by atoms with Gasteiger partial charge in [-0.2, -0.15) is 0 Å². The fourth-order valence-corrected chi connectivity index (χ4v) is 2.82. The number of nitrogens with one attached hydrogen (secondary N) is 1. The summed E-state index contributed by atoms with van der Waals surface area (Å²) in [6.07, 6.45) is 0. The summed E-state index contributed by atoms with van der Waals surface area (Å²) in [7, 11) is 0. The highest BCUT2D eigenvalue weighted by Crippen LogP contribution is 2.36. The summed E-state index contributed by atoms with van der Waals surface area (Å²) < 4.78 is 13.3. The topological polar surface area (TPSA) is 73.3 Å². The molecule has 24 heavy (non-hydrogen) atoms. The van der Waals surface area contributed by atoms with Gasteiger partial charge in [-0.25, -0.2) is 4.39 Å². The molecule has 0 amide bonds. The summed E-state index contributed by atoms with van der Waals surface area (Å²) in [6, 6.07) is 10.5. The van der Waals surface area contributed by atoms with Crippen molar-refractivity contribution in [2.45, 2.75) is 19.3 Å². The SMILES string of the molecule is CC(C)(CO)c1[nH]c(=O)c2cc(O)ccc2c1-c1ccc(F)cc1. The quantitative estimate of drug-likeness (QED) is 0.691. The molecule has 0 aliphatic heterocycles. The molecule has 0 bridgehead atoms. The summed E-state index contributed by atoms with van der Waals surface area (Å²) >= 11 is 0. The Morgan fingerprint density at radius 3 is 2.38 bits per heavy atom. The van der Waals surface area contributed by atoms with Crippen LogP contribution < -0.4 is 5.56 Å². The van der Waals surface area contributed by atoms with Crippen LogP contribution in [0.15, 0.2) is 47.3 Å². The Morgan fingerprint density at radius 2 is 1.75 bits per heavy atom. The Bertz CT molecular complexity index is 959. The van der Waals surface area contributed by atoms with Crippen molar-refractivity contribution in [3.63, 3.8) is 0 Å². The summed E-state index contributed by atoms with van der Waals surface area (Å²) in [5, 5.41) is 20.4. The minimum absolute atomic E-state index is 0.00720. The van der Waals surface area contributed by atoms with Gasteiger partial charge in [0, 0.05) is 16.7 Å². The third-order valence-electron chi connectivity index (χ3n) is 4.21. The van der Waals surface area contributed by atoms with Gasteiger partial charge in [-0.3, -0.25) is 4.79 Å². The van der Waals surface area contributed by atoms with E-state index in [4.69, 9.17) is 0 Å². The zero-order chi connectivity index (χ0) is 17.5. The number of hydrogen-bond acceptors (Lipinski definition) is 3. The zero-order valence-electron chi connectivity index (χ0n) is 13.4. The highest BCUT2D eigenvalue weighted by molar-refractivity contribution is 5.98. The summed E-state index contributed by atoms with van der Waals surface area (Å²) in [5.41, 5.74) is 0.959. The molecule has 0 aliphatic carbocycles. The lowest BCUT2D eigenvalue weighted by molar-refractivity contribution is 0.215. The largest absolute Gasteiger partial charge is 0.508 e. The van der Waals surface area contributed by atoms with Crippen LogP contribution in [-0.2, 0) is 5.41 Å². The van der Waals surface area contributed by atoms with E-state index in [2.05, 4.69) is 4.98 Å². The molecule has 124 valence electrons. The van der Waals surface area contributed by atoms with Crippen molar-refractivity contribution in [2.75, 3.05) is 6.61 Å². The van der Waals surface area contributed by atoms with Crippen LogP contribution >= 0.6 is 0 Å². The molecule has 0 saturated heterocycles. The van der Waals surface area contributed by atoms with Gasteiger partial charge in [-0.15, -0.1) is 0 Å². The Hall–Kier alpha value is -2.66. The molecule has 0 fully saturated rings. The minimum atomic E-state index is -0.699. The van der Waals surface area contributed by atoms with Crippen molar-refractivity contribution >= 4 is 10.8 Å². The normalized spacial score (nSPS) is 11.8. The van der Waals surface area contributed by atoms with Gasteiger partial charge >= 0.3 is 0 Å². The fraction of sp³-hybridized carbons (Fsp3) is 0.211. The van der Waals surface area contributed by atoms with Crippen molar-refractivity contribution in [1.29, 1.82) is 0 Å². The summed E-state index contributed by atoms with van der Waals surface area (Å²) in [5.74, 6) is -0.361. The van der Waals surface area contributed by atoms with E-state index in [9.17, 15) is 19.4 Å². The van der Waals surface area contributed by atoms with Crippen LogP contribution in [0.2, 0.25) is 0 Å². The lowest BCUT2D eigenvalue weighted by atomic mass is 9.83. The smallest absolute Gasteiger partial charge is 0.256 e. The van der Waals surface area contributed by atoms with Crippen LogP contribution in [0.5, 0.6) is 5.75 Å². The van der Waals surface area contributed by atoms with Gasteiger partial charge in [-0.05, 0) is 41.3 Å². The maximum Gasteiger partial charge on any atom is 0.256 e. The van der Waals surface area contributed by atoms with Gasteiger partial charge < -0.3 is 15.2 Å². The second-order valence-corrected chi connectivity index (χ2v) is 6.48. The molecule has 2 aromatic carbocycles. The number of aromatic hydroxyl groups is 1. The molecule has 5 heteroatoms. The Morgan fingerprint density at radius 1 is 1.08 bits per heavy atom. The molecule has 0 saturated carbocycles. The first kappa shape index (κ1) is 16.2. The number of phenols is 1. The number of aromatic nitrogens is 1. The molecular formula is C19H18FNO3. The number of aromatic amines is 1. The number of rotatable bonds is 3. The van der Waals surface area contributed by atoms with Crippen molar-refractivity contribution in [3.05, 3.63) is 64.3 Å². The van der Waals surface area contributed by atoms with E-state index >= 15 is 0 Å². The van der Waals surface area contributed by atoms with Gasteiger partial charge in [0.25, 0.3) is 5.56 Å². The number of fused-ring (bicyclic) bond motifs is 1. The van der Waals surface area contributed by atoms with E-state index in [-0.39, 0.29) is 23.7 Å². The van der Waals surface area contributed by atoms with E-state index in [0.29, 0.717) is 22.0 Å².